The number of carbonyl (C=O) groups excluding carboxylic acids is 4. The van der Waals surface area contributed by atoms with Gasteiger partial charge in [-0.1, -0.05) is 23.8 Å². The molecule has 11 nitrogen and oxygen atoms in total. The van der Waals surface area contributed by atoms with E-state index < -0.39 is 29.6 Å². The Labute approximate surface area is 235 Å². The van der Waals surface area contributed by atoms with Crippen LogP contribution in [0.4, 0.5) is 4.79 Å². The van der Waals surface area contributed by atoms with Crippen LogP contribution < -0.4 is 5.32 Å². The van der Waals surface area contributed by atoms with E-state index in [9.17, 15) is 19.2 Å². The standard InChI is InChI=1S/C29H39N5O6/c1-7-39-28(38)34-15-13-33(14-16-34)27(37)22(11-12-24(35)40-29(4,5)6)32-26(36)23-18-20(3)30-25(31-23)21-10-8-9-19(2)17-21/h8-10,17-18,22H,7,11-16H2,1-6H3,(H,32,36)/t22-/m0/s1. The molecule has 40 heavy (non-hydrogen) atoms. The Morgan fingerprint density at radius 2 is 1.68 bits per heavy atom. The number of piperazine rings is 1. The number of nitrogens with zero attached hydrogens (tertiary/aromatic N) is 4. The molecular formula is C29H39N5O6. The average molecular weight is 554 g/mol. The molecule has 1 saturated heterocycles. The molecule has 1 fully saturated rings. The van der Waals surface area contributed by atoms with E-state index >= 15 is 0 Å². The molecule has 1 aromatic carbocycles. The van der Waals surface area contributed by atoms with E-state index in [1.807, 2.05) is 31.2 Å². The third-order valence-electron chi connectivity index (χ3n) is 6.14. The Morgan fingerprint density at radius 3 is 2.30 bits per heavy atom. The fourth-order valence-corrected chi connectivity index (χ4v) is 4.29. The van der Waals surface area contributed by atoms with Crippen molar-refractivity contribution in [3.05, 3.63) is 47.3 Å². The van der Waals surface area contributed by atoms with E-state index in [4.69, 9.17) is 9.47 Å². The molecule has 0 spiro atoms. The van der Waals surface area contributed by atoms with Crippen LogP contribution in [-0.2, 0) is 19.1 Å². The minimum Gasteiger partial charge on any atom is -0.460 e. The molecule has 1 aliphatic rings. The summed E-state index contributed by atoms with van der Waals surface area (Å²) in [5.74, 6) is -0.955. The lowest BCUT2D eigenvalue weighted by molar-refractivity contribution is -0.155. The number of hydrogen-bond acceptors (Lipinski definition) is 8. The van der Waals surface area contributed by atoms with Gasteiger partial charge >= 0.3 is 12.1 Å². The van der Waals surface area contributed by atoms with Crippen LogP contribution in [0.3, 0.4) is 0 Å². The molecule has 11 heteroatoms. The van der Waals surface area contributed by atoms with Crippen LogP contribution in [0.1, 0.15) is 62.3 Å². The van der Waals surface area contributed by atoms with Gasteiger partial charge in [0.2, 0.25) is 5.91 Å². The predicted molar refractivity (Wildman–Crippen MR) is 148 cm³/mol. The predicted octanol–water partition coefficient (Wildman–Crippen LogP) is 3.28. The topological polar surface area (TPSA) is 131 Å². The van der Waals surface area contributed by atoms with Crippen LogP contribution in [0.5, 0.6) is 0 Å². The first-order valence-electron chi connectivity index (χ1n) is 13.5. The van der Waals surface area contributed by atoms with Crippen LogP contribution in [0, 0.1) is 13.8 Å². The first-order chi connectivity index (χ1) is 18.9. The molecule has 3 amide bonds. The van der Waals surface area contributed by atoms with Crippen molar-refractivity contribution in [2.45, 2.75) is 66.0 Å². The highest BCUT2D eigenvalue weighted by Crippen LogP contribution is 2.18. The first-order valence-corrected chi connectivity index (χ1v) is 13.5. The summed E-state index contributed by atoms with van der Waals surface area (Å²) < 4.78 is 10.5. The molecule has 1 N–H and O–H groups in total. The number of aryl methyl sites for hydroxylation is 2. The van der Waals surface area contributed by atoms with Crippen LogP contribution in [0.2, 0.25) is 0 Å². The Kier molecular flexibility index (Phi) is 10.2. The highest BCUT2D eigenvalue weighted by atomic mass is 16.6. The number of carbonyl (C=O) groups is 4. The Morgan fingerprint density at radius 1 is 1.00 bits per heavy atom. The van der Waals surface area contributed by atoms with Crippen LogP contribution in [-0.4, -0.2) is 88.1 Å². The summed E-state index contributed by atoms with van der Waals surface area (Å²) in [5.41, 5.74) is 1.85. The SMILES string of the molecule is CCOC(=O)N1CCN(C(=O)[C@H](CCC(=O)OC(C)(C)C)NC(=O)c2cc(C)nc(-c3cccc(C)c3)n2)CC1. The zero-order valence-electron chi connectivity index (χ0n) is 24.2. The molecule has 2 aromatic rings. The molecule has 0 saturated carbocycles. The normalized spacial score (nSPS) is 14.3. The second-order valence-electron chi connectivity index (χ2n) is 10.8. The van der Waals surface area contributed by atoms with Gasteiger partial charge in [-0.3, -0.25) is 14.4 Å². The number of nitrogens with one attached hydrogen (secondary N) is 1. The molecule has 0 aliphatic carbocycles. The second kappa shape index (κ2) is 13.4. The second-order valence-corrected chi connectivity index (χ2v) is 10.8. The maximum Gasteiger partial charge on any atom is 0.409 e. The summed E-state index contributed by atoms with van der Waals surface area (Å²) in [7, 11) is 0. The van der Waals surface area contributed by atoms with E-state index in [-0.39, 0.29) is 44.1 Å². The van der Waals surface area contributed by atoms with Crippen molar-refractivity contribution >= 4 is 23.9 Å². The summed E-state index contributed by atoms with van der Waals surface area (Å²) in [6.45, 7) is 12.2. The van der Waals surface area contributed by atoms with Gasteiger partial charge in [-0.2, -0.15) is 0 Å². The van der Waals surface area contributed by atoms with Gasteiger partial charge in [0.15, 0.2) is 5.82 Å². The monoisotopic (exact) mass is 553 g/mol. The highest BCUT2D eigenvalue weighted by Gasteiger charge is 2.32. The molecule has 1 aromatic heterocycles. The summed E-state index contributed by atoms with van der Waals surface area (Å²) in [4.78, 5) is 63.5. The quantitative estimate of drug-likeness (QED) is 0.493. The van der Waals surface area contributed by atoms with Crippen molar-refractivity contribution in [1.29, 1.82) is 0 Å². The summed E-state index contributed by atoms with van der Waals surface area (Å²) >= 11 is 0. The molecule has 0 radical (unpaired) electrons. The molecule has 0 unspecified atom stereocenters. The molecule has 216 valence electrons. The van der Waals surface area contributed by atoms with Gasteiger partial charge in [0.25, 0.3) is 5.91 Å². The van der Waals surface area contributed by atoms with E-state index in [0.717, 1.165) is 11.1 Å². The van der Waals surface area contributed by atoms with Crippen molar-refractivity contribution in [2.75, 3.05) is 32.8 Å². The molecule has 2 heterocycles. The van der Waals surface area contributed by atoms with Crippen molar-refractivity contribution in [3.63, 3.8) is 0 Å². The Bertz CT molecular complexity index is 1230. The fraction of sp³-hybridized carbons (Fsp3) is 0.517. The van der Waals surface area contributed by atoms with Gasteiger partial charge in [-0.05, 0) is 60.1 Å². The number of benzene rings is 1. The molecular weight excluding hydrogens is 514 g/mol. The Hall–Kier alpha value is -4.02. The smallest absolute Gasteiger partial charge is 0.409 e. The van der Waals surface area contributed by atoms with Gasteiger partial charge in [0.1, 0.15) is 17.3 Å². The lowest BCUT2D eigenvalue weighted by Crippen LogP contribution is -2.56. The minimum atomic E-state index is -0.994. The molecule has 1 aliphatic heterocycles. The zero-order chi connectivity index (χ0) is 29.4. The average Bonchev–Trinajstić information content (AvgIpc) is 2.89. The van der Waals surface area contributed by atoms with Crippen LogP contribution in [0.15, 0.2) is 30.3 Å². The van der Waals surface area contributed by atoms with E-state index in [1.54, 1.807) is 45.6 Å². The lowest BCUT2D eigenvalue weighted by atomic mass is 10.1. The van der Waals surface area contributed by atoms with Gasteiger partial charge in [-0.25, -0.2) is 14.8 Å². The van der Waals surface area contributed by atoms with Gasteiger partial charge < -0.3 is 24.6 Å². The van der Waals surface area contributed by atoms with E-state index in [2.05, 4.69) is 15.3 Å². The van der Waals surface area contributed by atoms with Gasteiger partial charge in [0, 0.05) is 43.9 Å². The Balaban J connectivity index is 1.78. The number of rotatable bonds is 8. The van der Waals surface area contributed by atoms with E-state index in [0.29, 0.717) is 24.6 Å². The number of esters is 1. The third-order valence-corrected chi connectivity index (χ3v) is 6.14. The van der Waals surface area contributed by atoms with Crippen molar-refractivity contribution in [1.82, 2.24) is 25.1 Å². The summed E-state index contributed by atoms with van der Waals surface area (Å²) in [5, 5.41) is 2.79. The third kappa shape index (κ3) is 8.75. The van der Waals surface area contributed by atoms with Gasteiger partial charge in [0.05, 0.1) is 6.61 Å². The van der Waals surface area contributed by atoms with Crippen LogP contribution >= 0.6 is 0 Å². The van der Waals surface area contributed by atoms with Crippen LogP contribution in [0.25, 0.3) is 11.4 Å². The van der Waals surface area contributed by atoms with E-state index in [1.165, 1.54) is 4.90 Å². The zero-order valence-corrected chi connectivity index (χ0v) is 24.2. The maximum absolute atomic E-state index is 13.5. The highest BCUT2D eigenvalue weighted by molar-refractivity contribution is 5.96. The van der Waals surface area contributed by atoms with Gasteiger partial charge in [-0.15, -0.1) is 0 Å². The molecule has 0 bridgehead atoms. The van der Waals surface area contributed by atoms with Crippen molar-refractivity contribution in [2.24, 2.45) is 0 Å². The first kappa shape index (κ1) is 30.5. The largest absolute Gasteiger partial charge is 0.460 e. The summed E-state index contributed by atoms with van der Waals surface area (Å²) in [6, 6.07) is 8.21. The number of aromatic nitrogens is 2. The number of amides is 3. The number of ether oxygens (including phenoxy) is 2. The van der Waals surface area contributed by atoms with Crippen molar-refractivity contribution < 1.29 is 28.7 Å². The van der Waals surface area contributed by atoms with Crippen molar-refractivity contribution in [3.8, 4) is 11.4 Å². The number of hydrogen-bond donors (Lipinski definition) is 1. The fourth-order valence-electron chi connectivity index (χ4n) is 4.29. The summed E-state index contributed by atoms with van der Waals surface area (Å²) in [6.07, 6.45) is -0.437. The minimum absolute atomic E-state index is 0.0480. The molecule has 1 atom stereocenters. The maximum atomic E-state index is 13.5. The molecule has 3 rings (SSSR count). The lowest BCUT2D eigenvalue weighted by Gasteiger charge is -2.36.